The lowest BCUT2D eigenvalue weighted by Gasteiger charge is -2.35. The van der Waals surface area contributed by atoms with E-state index in [9.17, 15) is 18.3 Å². The van der Waals surface area contributed by atoms with Crippen LogP contribution in [0.3, 0.4) is 0 Å². The number of likely N-dealkylation sites (N-methyl/N-ethyl adjacent to an activating group) is 1. The molecule has 3 aromatic carbocycles. The van der Waals surface area contributed by atoms with Crippen LogP contribution in [0.2, 0.25) is 0 Å². The number of carbonyl (C=O) groups is 1. The molecule has 0 aromatic heterocycles. The fraction of sp³-hybridized carbons (Fsp3) is 0.432. The van der Waals surface area contributed by atoms with Gasteiger partial charge in [0, 0.05) is 38.5 Å². The smallest absolute Gasteiger partial charge is 0.288 e. The third-order valence-electron chi connectivity index (χ3n) is 9.65. The number of ether oxygens (including phenoxy) is 3. The van der Waals surface area contributed by atoms with Crippen LogP contribution in [0, 0.1) is 0 Å². The normalized spacial score (nSPS) is 19.4. The van der Waals surface area contributed by atoms with Crippen LogP contribution >= 0.6 is 0 Å². The molecule has 2 aliphatic carbocycles. The molecule has 47 heavy (non-hydrogen) atoms. The van der Waals surface area contributed by atoms with Gasteiger partial charge in [-0.2, -0.15) is 4.31 Å². The van der Waals surface area contributed by atoms with Gasteiger partial charge >= 0.3 is 0 Å². The molecule has 9 nitrogen and oxygen atoms in total. The molecule has 0 bridgehead atoms. The van der Waals surface area contributed by atoms with E-state index in [4.69, 9.17) is 14.2 Å². The van der Waals surface area contributed by atoms with Crippen LogP contribution in [-0.2, 0) is 30.7 Å². The second kappa shape index (κ2) is 14.6. The summed E-state index contributed by atoms with van der Waals surface area (Å²) in [6.45, 7) is -0.397. The molecule has 10 heteroatoms. The van der Waals surface area contributed by atoms with Crippen LogP contribution in [0.4, 0.5) is 0 Å². The Labute approximate surface area is 277 Å². The van der Waals surface area contributed by atoms with Crippen molar-refractivity contribution in [2.45, 2.75) is 68.1 Å². The Balaban J connectivity index is 1.20. The van der Waals surface area contributed by atoms with Crippen molar-refractivity contribution in [2.75, 3.05) is 40.5 Å². The van der Waals surface area contributed by atoms with E-state index in [1.807, 2.05) is 18.0 Å². The topological polar surface area (TPSA) is 106 Å². The van der Waals surface area contributed by atoms with E-state index in [2.05, 4.69) is 42.5 Å². The molecule has 1 heterocycles. The average Bonchev–Trinajstić information content (AvgIpc) is 3.49. The van der Waals surface area contributed by atoms with Gasteiger partial charge in [0.2, 0.25) is 16.3 Å². The summed E-state index contributed by atoms with van der Waals surface area (Å²) in [6, 6.07) is 21.3. The maximum atomic E-state index is 13.8. The zero-order chi connectivity index (χ0) is 33.0. The van der Waals surface area contributed by atoms with Gasteiger partial charge in [-0.15, -0.1) is 0 Å². The second-order valence-electron chi connectivity index (χ2n) is 12.6. The summed E-state index contributed by atoms with van der Waals surface area (Å²) in [5, 5.41) is 9.68. The van der Waals surface area contributed by atoms with Crippen LogP contribution < -0.4 is 4.74 Å². The summed E-state index contributed by atoms with van der Waals surface area (Å²) in [5.41, 5.74) is 6.16. The molecular weight excluding hydrogens is 616 g/mol. The number of sulfonamides is 1. The molecular formula is C37H44N2O7S. The van der Waals surface area contributed by atoms with E-state index in [1.54, 1.807) is 12.1 Å². The van der Waals surface area contributed by atoms with Crippen molar-refractivity contribution in [2.24, 2.45) is 0 Å². The summed E-state index contributed by atoms with van der Waals surface area (Å²) >= 11 is 0. The van der Waals surface area contributed by atoms with Crippen molar-refractivity contribution in [1.82, 2.24) is 9.21 Å². The molecule has 2 atom stereocenters. The number of hydrogen-bond donors (Lipinski definition) is 1. The number of allylic oxidation sites excluding steroid dienone is 1. The molecule has 0 saturated heterocycles. The maximum absolute atomic E-state index is 13.8. The first-order chi connectivity index (χ1) is 22.8. The van der Waals surface area contributed by atoms with Crippen LogP contribution in [0.25, 0.3) is 11.1 Å². The fourth-order valence-corrected chi connectivity index (χ4v) is 8.41. The first-order valence-corrected chi connectivity index (χ1v) is 18.0. The van der Waals surface area contributed by atoms with Crippen molar-refractivity contribution in [1.29, 1.82) is 0 Å². The van der Waals surface area contributed by atoms with Gasteiger partial charge in [0.1, 0.15) is 5.75 Å². The molecule has 3 aromatic rings. The number of methoxy groups -OCH3 is 1. The van der Waals surface area contributed by atoms with Gasteiger partial charge in [0.05, 0.1) is 25.2 Å². The van der Waals surface area contributed by atoms with E-state index >= 15 is 0 Å². The summed E-state index contributed by atoms with van der Waals surface area (Å²) in [7, 11) is -0.528. The summed E-state index contributed by atoms with van der Waals surface area (Å²) in [4.78, 5) is 15.7. The Bertz CT molecular complexity index is 1700. The standard InChI is InChI=1S/C37H44N2O7S/c1-38(30-9-4-3-5-10-30)37(41)35-24-28(26-12-17-34-29(22-26)23-27-8-6-7-11-33(27)34)25-36(46-35)45-21-19-39(18-20-40)47(42,43)32-15-13-31(44-2)14-16-32/h6-8,11-17,22,24,28,30,36,40H,3-5,9-10,18-21,23,25H2,1-2H3/t28-,36+/m1/s1. The lowest BCUT2D eigenvalue weighted by Crippen LogP contribution is -2.41. The Hall–Kier alpha value is -3.70. The highest BCUT2D eigenvalue weighted by Crippen LogP contribution is 2.40. The quantitative estimate of drug-likeness (QED) is 0.215. The van der Waals surface area contributed by atoms with Crippen LogP contribution in [0.1, 0.15) is 61.1 Å². The Kier molecular flexibility index (Phi) is 10.3. The van der Waals surface area contributed by atoms with E-state index in [0.717, 1.165) is 37.7 Å². The number of fused-ring (bicyclic) bond motifs is 3. The maximum Gasteiger partial charge on any atom is 0.288 e. The number of nitrogens with zero attached hydrogens (tertiary/aromatic N) is 2. The third kappa shape index (κ3) is 7.26. The summed E-state index contributed by atoms with van der Waals surface area (Å²) in [5.74, 6) is 0.525. The first-order valence-electron chi connectivity index (χ1n) is 16.5. The number of amides is 1. The number of aliphatic hydroxyl groups is 1. The van der Waals surface area contributed by atoms with Crippen LogP contribution in [0.15, 0.2) is 83.5 Å². The first kappa shape index (κ1) is 33.2. The van der Waals surface area contributed by atoms with Gasteiger partial charge in [0.15, 0.2) is 5.76 Å². The van der Waals surface area contributed by atoms with Gasteiger partial charge in [-0.1, -0.05) is 61.7 Å². The number of carbonyl (C=O) groups excluding carboxylic acids is 1. The number of hydrogen-bond acceptors (Lipinski definition) is 7. The van der Waals surface area contributed by atoms with Gasteiger partial charge in [-0.25, -0.2) is 8.42 Å². The van der Waals surface area contributed by atoms with Gasteiger partial charge in [-0.3, -0.25) is 4.79 Å². The van der Waals surface area contributed by atoms with E-state index in [-0.39, 0.29) is 54.8 Å². The Morgan fingerprint density at radius 1 is 0.957 bits per heavy atom. The largest absolute Gasteiger partial charge is 0.497 e. The molecule has 1 fully saturated rings. The predicted molar refractivity (Wildman–Crippen MR) is 179 cm³/mol. The molecule has 1 saturated carbocycles. The molecule has 1 amide bonds. The highest BCUT2D eigenvalue weighted by molar-refractivity contribution is 7.89. The zero-order valence-corrected chi connectivity index (χ0v) is 28.0. The minimum Gasteiger partial charge on any atom is -0.497 e. The van der Waals surface area contributed by atoms with Gasteiger partial charge < -0.3 is 24.2 Å². The molecule has 0 unspecified atom stereocenters. The lowest BCUT2D eigenvalue weighted by molar-refractivity contribution is -0.153. The van der Waals surface area contributed by atoms with E-state index < -0.39 is 16.3 Å². The van der Waals surface area contributed by atoms with Crippen molar-refractivity contribution in [3.63, 3.8) is 0 Å². The summed E-state index contributed by atoms with van der Waals surface area (Å²) in [6.07, 6.45) is 7.88. The minimum absolute atomic E-state index is 0.00548. The van der Waals surface area contributed by atoms with Crippen molar-refractivity contribution in [3.05, 3.63) is 95.3 Å². The highest BCUT2D eigenvalue weighted by Gasteiger charge is 2.34. The van der Waals surface area contributed by atoms with Gasteiger partial charge in [-0.05, 0) is 77.4 Å². The third-order valence-corrected chi connectivity index (χ3v) is 11.6. The van der Waals surface area contributed by atoms with Crippen molar-refractivity contribution in [3.8, 4) is 16.9 Å². The Morgan fingerprint density at radius 3 is 2.45 bits per heavy atom. The lowest BCUT2D eigenvalue weighted by atomic mass is 9.90. The Morgan fingerprint density at radius 2 is 1.70 bits per heavy atom. The molecule has 0 radical (unpaired) electrons. The minimum atomic E-state index is -3.90. The molecule has 6 rings (SSSR count). The SMILES string of the molecule is COc1ccc(S(=O)(=O)N(CCO)CCO[C@@H]2C[C@H](c3ccc4c(c3)Cc3ccccc3-4)C=C(C(=O)N(C)C3CCCCC3)O2)cc1. The zero-order valence-electron chi connectivity index (χ0n) is 27.1. The molecule has 250 valence electrons. The van der Waals surface area contributed by atoms with E-state index in [1.165, 1.54) is 52.2 Å². The van der Waals surface area contributed by atoms with Crippen molar-refractivity contribution >= 4 is 15.9 Å². The summed E-state index contributed by atoms with van der Waals surface area (Å²) < 4.78 is 45.6. The average molecular weight is 661 g/mol. The fourth-order valence-electron chi connectivity index (χ4n) is 6.99. The molecule has 3 aliphatic rings. The predicted octanol–water partition coefficient (Wildman–Crippen LogP) is 5.47. The molecule has 0 spiro atoms. The van der Waals surface area contributed by atoms with E-state index in [0.29, 0.717) is 12.2 Å². The highest BCUT2D eigenvalue weighted by atomic mass is 32.2. The molecule has 1 aliphatic heterocycles. The molecule has 1 N–H and O–H groups in total. The van der Waals surface area contributed by atoms with Gasteiger partial charge in [0.25, 0.3) is 5.91 Å². The second-order valence-corrected chi connectivity index (χ2v) is 14.5. The number of benzene rings is 3. The van der Waals surface area contributed by atoms with Crippen molar-refractivity contribution < 1.29 is 32.5 Å². The van der Waals surface area contributed by atoms with Crippen LogP contribution in [0.5, 0.6) is 5.75 Å². The van der Waals surface area contributed by atoms with Crippen LogP contribution in [-0.4, -0.2) is 81.4 Å². The monoisotopic (exact) mass is 660 g/mol. The number of rotatable bonds is 12. The number of aliphatic hydroxyl groups excluding tert-OH is 1.